The van der Waals surface area contributed by atoms with Crippen molar-refractivity contribution in [1.82, 2.24) is 9.97 Å². The number of rotatable bonds is 1. The van der Waals surface area contributed by atoms with Crippen molar-refractivity contribution in [3.63, 3.8) is 0 Å². The van der Waals surface area contributed by atoms with Crippen molar-refractivity contribution < 1.29 is 1.37 Å². The molecular formula is C15H12N2. The lowest BCUT2D eigenvalue weighted by Gasteiger charge is -2.06. The van der Waals surface area contributed by atoms with Crippen molar-refractivity contribution in [2.45, 2.75) is 6.92 Å². The van der Waals surface area contributed by atoms with Crippen LogP contribution in [0.3, 0.4) is 0 Å². The van der Waals surface area contributed by atoms with Crippen LogP contribution in [0, 0.1) is 6.92 Å². The van der Waals surface area contributed by atoms with E-state index in [1.165, 1.54) is 0 Å². The molecule has 82 valence electrons. The fourth-order valence-corrected chi connectivity index (χ4v) is 1.95. The second kappa shape index (κ2) is 3.98. The van der Waals surface area contributed by atoms with E-state index >= 15 is 0 Å². The molecule has 2 nitrogen and oxygen atoms in total. The Morgan fingerprint density at radius 2 is 1.76 bits per heavy atom. The Hall–Kier alpha value is -2.22. The molecule has 0 saturated carbocycles. The Kier molecular flexibility index (Phi) is 2.08. The summed E-state index contributed by atoms with van der Waals surface area (Å²) < 4.78 is 7.73. The van der Waals surface area contributed by atoms with Gasteiger partial charge in [-0.1, -0.05) is 48.5 Å². The summed E-state index contributed by atoms with van der Waals surface area (Å²) in [6.45, 7) is 1.89. The average Bonchev–Trinajstić information content (AvgIpc) is 2.39. The van der Waals surface area contributed by atoms with Crippen molar-refractivity contribution >= 4 is 10.9 Å². The Balaban J connectivity index is 2.37. The van der Waals surface area contributed by atoms with Gasteiger partial charge in [-0.3, -0.25) is 0 Å². The molecule has 2 heteroatoms. The van der Waals surface area contributed by atoms with Crippen LogP contribution in [-0.4, -0.2) is 9.97 Å². The molecule has 0 aliphatic carbocycles. The number of aromatic nitrogens is 2. The number of nitrogens with zero attached hydrogens (tertiary/aromatic N) is 2. The molecule has 0 saturated heterocycles. The highest BCUT2D eigenvalue weighted by Gasteiger charge is 2.06. The molecule has 0 aliphatic heterocycles. The third kappa shape index (κ3) is 1.78. The van der Waals surface area contributed by atoms with Gasteiger partial charge in [0, 0.05) is 10.9 Å². The molecule has 0 amide bonds. The SMILES string of the molecule is [2H]c1ccc2nc(C)nc(-c3ccccc3)c2c1. The maximum atomic E-state index is 7.73. The van der Waals surface area contributed by atoms with Crippen molar-refractivity contribution in [3.8, 4) is 11.3 Å². The van der Waals surface area contributed by atoms with Crippen molar-refractivity contribution in [3.05, 3.63) is 60.4 Å². The van der Waals surface area contributed by atoms with Crippen molar-refractivity contribution in [1.29, 1.82) is 0 Å². The second-order valence-corrected chi connectivity index (χ2v) is 3.93. The highest BCUT2D eigenvalue weighted by Crippen LogP contribution is 2.25. The van der Waals surface area contributed by atoms with Gasteiger partial charge in [-0.05, 0) is 13.0 Å². The molecule has 0 spiro atoms. The molecule has 2 aromatic carbocycles. The molecular weight excluding hydrogens is 208 g/mol. The molecule has 0 bridgehead atoms. The molecule has 3 rings (SSSR count). The van der Waals surface area contributed by atoms with E-state index in [-0.39, 0.29) is 0 Å². The lowest BCUT2D eigenvalue weighted by molar-refractivity contribution is 1.10. The van der Waals surface area contributed by atoms with Crippen LogP contribution >= 0.6 is 0 Å². The zero-order valence-corrected chi connectivity index (χ0v) is 9.51. The van der Waals surface area contributed by atoms with Gasteiger partial charge in [-0.25, -0.2) is 9.97 Å². The first kappa shape index (κ1) is 8.88. The number of aryl methyl sites for hydroxylation is 1. The number of hydrogen-bond donors (Lipinski definition) is 0. The van der Waals surface area contributed by atoms with E-state index < -0.39 is 0 Å². The third-order valence-electron chi connectivity index (χ3n) is 2.70. The minimum absolute atomic E-state index is 0.479. The molecule has 1 aromatic heterocycles. The molecule has 0 aliphatic rings. The summed E-state index contributed by atoms with van der Waals surface area (Å²) in [5.41, 5.74) is 2.84. The first-order chi connectivity index (χ1) is 8.74. The number of hydrogen-bond acceptors (Lipinski definition) is 2. The number of fused-ring (bicyclic) bond motifs is 1. The zero-order chi connectivity index (χ0) is 12.5. The highest BCUT2D eigenvalue weighted by molar-refractivity contribution is 5.92. The molecule has 3 aromatic rings. The fourth-order valence-electron chi connectivity index (χ4n) is 1.95. The van der Waals surface area contributed by atoms with Crippen molar-refractivity contribution in [2.75, 3.05) is 0 Å². The zero-order valence-electron chi connectivity index (χ0n) is 10.5. The molecule has 0 atom stereocenters. The minimum atomic E-state index is 0.479. The van der Waals surface area contributed by atoms with Gasteiger partial charge in [0.25, 0.3) is 0 Å². The van der Waals surface area contributed by atoms with Gasteiger partial charge in [-0.2, -0.15) is 0 Å². The first-order valence-corrected chi connectivity index (χ1v) is 5.54. The summed E-state index contributed by atoms with van der Waals surface area (Å²) in [5, 5.41) is 0.930. The quantitative estimate of drug-likeness (QED) is 0.627. The van der Waals surface area contributed by atoms with E-state index in [2.05, 4.69) is 9.97 Å². The first-order valence-electron chi connectivity index (χ1n) is 6.04. The van der Waals surface area contributed by atoms with Crippen LogP contribution in [0.15, 0.2) is 54.6 Å². The molecule has 0 N–H and O–H groups in total. The van der Waals surface area contributed by atoms with E-state index in [4.69, 9.17) is 1.37 Å². The Labute approximate surface area is 101 Å². The maximum Gasteiger partial charge on any atom is 0.126 e. The summed E-state index contributed by atoms with van der Waals surface area (Å²) in [6, 6.07) is 15.9. The van der Waals surface area contributed by atoms with Crippen LogP contribution < -0.4 is 0 Å². The van der Waals surface area contributed by atoms with Gasteiger partial charge >= 0.3 is 0 Å². The summed E-state index contributed by atoms with van der Waals surface area (Å²) in [6.07, 6.45) is 0. The van der Waals surface area contributed by atoms with Crippen LogP contribution in [0.2, 0.25) is 0 Å². The van der Waals surface area contributed by atoms with Gasteiger partial charge in [0.2, 0.25) is 0 Å². The minimum Gasteiger partial charge on any atom is -0.233 e. The van der Waals surface area contributed by atoms with E-state index in [1.807, 2.05) is 49.4 Å². The Bertz CT molecular complexity index is 708. The normalized spacial score (nSPS) is 11.5. The number of benzene rings is 2. The van der Waals surface area contributed by atoms with Gasteiger partial charge in [-0.15, -0.1) is 0 Å². The Morgan fingerprint density at radius 1 is 0.941 bits per heavy atom. The van der Waals surface area contributed by atoms with Crippen LogP contribution in [-0.2, 0) is 0 Å². The van der Waals surface area contributed by atoms with E-state index in [1.54, 1.807) is 6.07 Å². The monoisotopic (exact) mass is 221 g/mol. The molecule has 1 heterocycles. The van der Waals surface area contributed by atoms with Gasteiger partial charge in [0.15, 0.2) is 0 Å². The standard InChI is InChI=1S/C15H12N2/c1-11-16-14-10-6-5-9-13(14)15(17-11)12-7-3-2-4-8-12/h2-10H,1H3/i5D. The lowest BCUT2D eigenvalue weighted by Crippen LogP contribution is -1.93. The molecule has 0 fully saturated rings. The molecule has 0 radical (unpaired) electrons. The predicted octanol–water partition coefficient (Wildman–Crippen LogP) is 3.61. The Morgan fingerprint density at radius 3 is 2.59 bits per heavy atom. The maximum absolute atomic E-state index is 7.73. The van der Waals surface area contributed by atoms with Gasteiger partial charge in [0.05, 0.1) is 12.6 Å². The van der Waals surface area contributed by atoms with E-state index in [9.17, 15) is 0 Å². The number of para-hydroxylation sites is 1. The third-order valence-corrected chi connectivity index (χ3v) is 2.70. The molecule has 0 unspecified atom stereocenters. The van der Waals surface area contributed by atoms with Gasteiger partial charge in [0.1, 0.15) is 5.82 Å². The highest BCUT2D eigenvalue weighted by atomic mass is 14.9. The smallest absolute Gasteiger partial charge is 0.126 e. The summed E-state index contributed by atoms with van der Waals surface area (Å²) in [7, 11) is 0. The second-order valence-electron chi connectivity index (χ2n) is 3.93. The largest absolute Gasteiger partial charge is 0.233 e. The van der Waals surface area contributed by atoms with E-state index in [0.29, 0.717) is 6.04 Å². The summed E-state index contributed by atoms with van der Waals surface area (Å²) in [4.78, 5) is 8.93. The topological polar surface area (TPSA) is 25.8 Å². The fraction of sp³-hybridized carbons (Fsp3) is 0.0667. The summed E-state index contributed by atoms with van der Waals surface area (Å²) in [5.74, 6) is 0.749. The summed E-state index contributed by atoms with van der Waals surface area (Å²) >= 11 is 0. The lowest BCUT2D eigenvalue weighted by atomic mass is 10.1. The predicted molar refractivity (Wildman–Crippen MR) is 69.7 cm³/mol. The van der Waals surface area contributed by atoms with Crippen molar-refractivity contribution in [2.24, 2.45) is 0 Å². The van der Waals surface area contributed by atoms with Crippen LogP contribution in [0.4, 0.5) is 0 Å². The van der Waals surface area contributed by atoms with Crippen LogP contribution in [0.25, 0.3) is 22.2 Å². The van der Waals surface area contributed by atoms with Gasteiger partial charge < -0.3 is 0 Å². The molecule has 17 heavy (non-hydrogen) atoms. The van der Waals surface area contributed by atoms with E-state index in [0.717, 1.165) is 28.0 Å². The van der Waals surface area contributed by atoms with Crippen LogP contribution in [0.1, 0.15) is 7.20 Å². The van der Waals surface area contributed by atoms with Crippen LogP contribution in [0.5, 0.6) is 0 Å². The average molecular weight is 221 g/mol.